The second kappa shape index (κ2) is 4.77. The van der Waals surface area contributed by atoms with Gasteiger partial charge in [-0.15, -0.1) is 0 Å². The van der Waals surface area contributed by atoms with Crippen molar-refractivity contribution < 1.29 is 14.3 Å². The maximum absolute atomic E-state index is 11.7. The van der Waals surface area contributed by atoms with Crippen molar-refractivity contribution in [2.75, 3.05) is 7.11 Å². The van der Waals surface area contributed by atoms with Crippen molar-refractivity contribution in [1.82, 2.24) is 0 Å². The minimum Gasteiger partial charge on any atom is -0.469 e. The summed E-state index contributed by atoms with van der Waals surface area (Å²) in [6.07, 6.45) is 3.93. The number of hydrogen-bond donors (Lipinski definition) is 0. The zero-order valence-corrected chi connectivity index (χ0v) is 9.84. The molecular weight excluding hydrogens is 192 g/mol. The van der Waals surface area contributed by atoms with Gasteiger partial charge in [0.05, 0.1) is 7.11 Å². The Morgan fingerprint density at radius 1 is 1.27 bits per heavy atom. The average molecular weight is 212 g/mol. The molecular formula is C12H20O3. The molecule has 0 aromatic heterocycles. The van der Waals surface area contributed by atoms with Crippen LogP contribution >= 0.6 is 0 Å². The molecule has 1 rings (SSSR count). The molecule has 0 unspecified atom stereocenters. The Kier molecular flexibility index (Phi) is 3.89. The number of hydrogen-bond acceptors (Lipinski definition) is 3. The first-order valence-corrected chi connectivity index (χ1v) is 5.54. The van der Waals surface area contributed by atoms with Crippen LogP contribution in [0.25, 0.3) is 0 Å². The van der Waals surface area contributed by atoms with Gasteiger partial charge in [0.25, 0.3) is 0 Å². The van der Waals surface area contributed by atoms with Crippen molar-refractivity contribution in [3.05, 3.63) is 0 Å². The van der Waals surface area contributed by atoms with E-state index in [2.05, 4.69) is 18.6 Å². The second-order valence-corrected chi connectivity index (χ2v) is 5.16. The number of ketones is 1. The number of carbonyl (C=O) groups is 2. The molecule has 0 saturated heterocycles. The molecule has 86 valence electrons. The highest BCUT2D eigenvalue weighted by Crippen LogP contribution is 2.38. The van der Waals surface area contributed by atoms with Gasteiger partial charge in [-0.3, -0.25) is 9.59 Å². The standard InChI is InChI=1S/C12H20O3/c1-12(2)6-4-9(5-7-12)10(13)8-11(14)15-3/h9H,4-8H2,1-3H3. The van der Waals surface area contributed by atoms with Crippen molar-refractivity contribution in [3.63, 3.8) is 0 Å². The number of Topliss-reactive ketones (excluding diaryl/α,β-unsaturated/α-hetero) is 1. The van der Waals surface area contributed by atoms with Crippen LogP contribution in [0.5, 0.6) is 0 Å². The number of rotatable bonds is 3. The lowest BCUT2D eigenvalue weighted by atomic mass is 9.72. The number of esters is 1. The molecule has 1 saturated carbocycles. The summed E-state index contributed by atoms with van der Waals surface area (Å²) in [4.78, 5) is 22.6. The van der Waals surface area contributed by atoms with E-state index >= 15 is 0 Å². The van der Waals surface area contributed by atoms with E-state index in [1.54, 1.807) is 0 Å². The number of ether oxygens (including phenoxy) is 1. The number of methoxy groups -OCH3 is 1. The Balaban J connectivity index is 2.40. The predicted molar refractivity (Wildman–Crippen MR) is 57.4 cm³/mol. The smallest absolute Gasteiger partial charge is 0.313 e. The van der Waals surface area contributed by atoms with E-state index in [1.165, 1.54) is 7.11 Å². The Morgan fingerprint density at radius 3 is 2.27 bits per heavy atom. The van der Waals surface area contributed by atoms with Gasteiger partial charge in [0.1, 0.15) is 12.2 Å². The average Bonchev–Trinajstić information content (AvgIpc) is 2.17. The van der Waals surface area contributed by atoms with Crippen LogP contribution in [0.3, 0.4) is 0 Å². The predicted octanol–water partition coefficient (Wildman–Crippen LogP) is 2.33. The molecule has 0 aromatic rings. The molecule has 3 nitrogen and oxygen atoms in total. The molecule has 3 heteroatoms. The summed E-state index contributed by atoms with van der Waals surface area (Å²) in [5.41, 5.74) is 0.363. The van der Waals surface area contributed by atoms with Gasteiger partial charge < -0.3 is 4.74 Å². The fourth-order valence-corrected chi connectivity index (χ4v) is 2.08. The summed E-state index contributed by atoms with van der Waals surface area (Å²) in [5.74, 6) is -0.278. The quantitative estimate of drug-likeness (QED) is 0.532. The Morgan fingerprint density at radius 2 is 1.80 bits per heavy atom. The highest BCUT2D eigenvalue weighted by Gasteiger charge is 2.31. The van der Waals surface area contributed by atoms with Gasteiger partial charge >= 0.3 is 5.97 Å². The molecule has 0 radical (unpaired) electrons. The van der Waals surface area contributed by atoms with Gasteiger partial charge in [0.2, 0.25) is 0 Å². The monoisotopic (exact) mass is 212 g/mol. The third-order valence-electron chi connectivity index (χ3n) is 3.34. The Hall–Kier alpha value is -0.860. The van der Waals surface area contributed by atoms with Gasteiger partial charge in [-0.1, -0.05) is 13.8 Å². The largest absolute Gasteiger partial charge is 0.469 e. The highest BCUT2D eigenvalue weighted by atomic mass is 16.5. The molecule has 0 N–H and O–H groups in total. The number of carbonyl (C=O) groups excluding carboxylic acids is 2. The van der Waals surface area contributed by atoms with Crippen LogP contribution < -0.4 is 0 Å². The van der Waals surface area contributed by atoms with Crippen molar-refractivity contribution >= 4 is 11.8 Å². The molecule has 15 heavy (non-hydrogen) atoms. The molecule has 1 aliphatic carbocycles. The van der Waals surface area contributed by atoms with Crippen molar-refractivity contribution in [3.8, 4) is 0 Å². The summed E-state index contributed by atoms with van der Waals surface area (Å²) in [6, 6.07) is 0. The first-order chi connectivity index (χ1) is 6.94. The zero-order chi connectivity index (χ0) is 11.5. The first-order valence-electron chi connectivity index (χ1n) is 5.54. The fourth-order valence-electron chi connectivity index (χ4n) is 2.08. The van der Waals surface area contributed by atoms with E-state index < -0.39 is 5.97 Å². The van der Waals surface area contributed by atoms with Crippen LogP contribution in [0.15, 0.2) is 0 Å². The van der Waals surface area contributed by atoms with E-state index in [4.69, 9.17) is 0 Å². The summed E-state index contributed by atoms with van der Waals surface area (Å²) in [6.45, 7) is 4.46. The normalized spacial score (nSPS) is 21.0. The van der Waals surface area contributed by atoms with Crippen LogP contribution in [0.2, 0.25) is 0 Å². The van der Waals surface area contributed by atoms with Crippen LogP contribution in [-0.4, -0.2) is 18.9 Å². The van der Waals surface area contributed by atoms with E-state index in [9.17, 15) is 9.59 Å². The van der Waals surface area contributed by atoms with Crippen LogP contribution in [0.4, 0.5) is 0 Å². The molecule has 1 fully saturated rings. The van der Waals surface area contributed by atoms with Crippen LogP contribution in [0, 0.1) is 11.3 Å². The molecule has 0 spiro atoms. The van der Waals surface area contributed by atoms with Crippen molar-refractivity contribution in [1.29, 1.82) is 0 Å². The van der Waals surface area contributed by atoms with Gasteiger partial charge in [-0.05, 0) is 31.1 Å². The summed E-state index contributed by atoms with van der Waals surface area (Å²) in [5, 5.41) is 0. The van der Waals surface area contributed by atoms with Crippen molar-refractivity contribution in [2.24, 2.45) is 11.3 Å². The van der Waals surface area contributed by atoms with E-state index in [-0.39, 0.29) is 18.1 Å². The molecule has 0 heterocycles. The lowest BCUT2D eigenvalue weighted by Gasteiger charge is -2.33. The maximum Gasteiger partial charge on any atom is 0.313 e. The molecule has 0 aliphatic heterocycles. The van der Waals surface area contributed by atoms with Crippen LogP contribution in [0.1, 0.15) is 46.0 Å². The van der Waals surface area contributed by atoms with Gasteiger partial charge in [0.15, 0.2) is 0 Å². The molecule has 1 aliphatic rings. The molecule has 0 amide bonds. The van der Waals surface area contributed by atoms with Gasteiger partial charge in [0, 0.05) is 5.92 Å². The minimum absolute atomic E-state index is 0.0531. The topological polar surface area (TPSA) is 43.4 Å². The van der Waals surface area contributed by atoms with E-state index in [0.717, 1.165) is 25.7 Å². The summed E-state index contributed by atoms with van der Waals surface area (Å²) >= 11 is 0. The Labute approximate surface area is 91.2 Å². The fraction of sp³-hybridized carbons (Fsp3) is 0.833. The summed E-state index contributed by atoms with van der Waals surface area (Å²) < 4.78 is 4.49. The first kappa shape index (κ1) is 12.2. The maximum atomic E-state index is 11.7. The summed E-state index contributed by atoms with van der Waals surface area (Å²) in [7, 11) is 1.32. The lowest BCUT2D eigenvalue weighted by molar-refractivity contribution is -0.144. The molecule has 0 bridgehead atoms. The minimum atomic E-state index is -0.412. The van der Waals surface area contributed by atoms with Gasteiger partial charge in [-0.2, -0.15) is 0 Å². The molecule has 0 atom stereocenters. The SMILES string of the molecule is COC(=O)CC(=O)C1CCC(C)(C)CC1. The van der Waals surface area contributed by atoms with E-state index in [1.807, 2.05) is 0 Å². The third kappa shape index (κ3) is 3.65. The highest BCUT2D eigenvalue weighted by molar-refractivity contribution is 5.96. The second-order valence-electron chi connectivity index (χ2n) is 5.16. The van der Waals surface area contributed by atoms with Crippen LogP contribution in [-0.2, 0) is 14.3 Å². The Bertz CT molecular complexity index is 246. The lowest BCUT2D eigenvalue weighted by Crippen LogP contribution is -2.27. The van der Waals surface area contributed by atoms with Crippen molar-refractivity contribution in [2.45, 2.75) is 46.0 Å². The third-order valence-corrected chi connectivity index (χ3v) is 3.34. The molecule has 0 aromatic carbocycles. The zero-order valence-electron chi connectivity index (χ0n) is 9.84. The van der Waals surface area contributed by atoms with E-state index in [0.29, 0.717) is 5.41 Å². The van der Waals surface area contributed by atoms with Gasteiger partial charge in [-0.25, -0.2) is 0 Å².